The molecule has 1 rings (SSSR count). The van der Waals surface area contributed by atoms with Gasteiger partial charge in [0.05, 0.1) is 25.4 Å². The molecule has 1 saturated heterocycles. The van der Waals surface area contributed by atoms with E-state index in [-0.39, 0.29) is 18.9 Å². The van der Waals surface area contributed by atoms with Crippen LogP contribution in [0.25, 0.3) is 0 Å². The molecule has 0 aromatic heterocycles. The Hall–Kier alpha value is -1.42. The number of ether oxygens (including phenoxy) is 2. The van der Waals surface area contributed by atoms with Gasteiger partial charge in [-0.15, -0.1) is 0 Å². The van der Waals surface area contributed by atoms with Gasteiger partial charge in [0.25, 0.3) is 0 Å². The molecule has 1 fully saturated rings. The highest BCUT2D eigenvalue weighted by atomic mass is 32.3. The van der Waals surface area contributed by atoms with Crippen LogP contribution in [0.4, 0.5) is 0 Å². The van der Waals surface area contributed by atoms with E-state index < -0.39 is 59.9 Å². The SMILES string of the molecule is CCCCCCCC/C=C\CCCCCC(=O)NC(COC1OC(CO)C(O)C(OS(=O)(=O)O)C1O)C(O)/C=C/CCCCCCCCC. The summed E-state index contributed by atoms with van der Waals surface area (Å²) < 4.78 is 47.2. The predicted octanol–water partition coefficient (Wildman–Crippen LogP) is 5.43. The van der Waals surface area contributed by atoms with E-state index in [1.54, 1.807) is 6.08 Å². The van der Waals surface area contributed by atoms with E-state index in [4.69, 9.17) is 14.0 Å². The molecule has 0 aliphatic carbocycles. The van der Waals surface area contributed by atoms with Gasteiger partial charge >= 0.3 is 10.4 Å². The Morgan fingerprint density at radius 2 is 1.31 bits per heavy atom. The number of unbranched alkanes of at least 4 members (excludes halogenated alkanes) is 16. The first-order valence-corrected chi connectivity index (χ1v) is 20.1. The van der Waals surface area contributed by atoms with Crippen molar-refractivity contribution in [1.29, 1.82) is 0 Å². The number of rotatable bonds is 30. The molecule has 7 atom stereocenters. The average Bonchev–Trinajstić information content (AvgIpc) is 3.06. The predicted molar refractivity (Wildman–Crippen MR) is 190 cm³/mol. The zero-order chi connectivity index (χ0) is 36.3. The van der Waals surface area contributed by atoms with Gasteiger partial charge < -0.3 is 35.2 Å². The number of hydrogen-bond acceptors (Lipinski definition) is 10. The maximum absolute atomic E-state index is 12.9. The van der Waals surface area contributed by atoms with Crippen molar-refractivity contribution in [3.63, 3.8) is 0 Å². The topological polar surface area (TPSA) is 192 Å². The number of nitrogens with one attached hydrogen (secondary N) is 1. The fourth-order valence-electron chi connectivity index (χ4n) is 5.74. The number of carbonyl (C=O) groups excluding carboxylic acids is 1. The van der Waals surface area contributed by atoms with E-state index >= 15 is 0 Å². The van der Waals surface area contributed by atoms with Crippen LogP contribution in [0, 0.1) is 0 Å². The fourth-order valence-corrected chi connectivity index (χ4v) is 6.25. The van der Waals surface area contributed by atoms with Crippen molar-refractivity contribution in [3.05, 3.63) is 24.3 Å². The molecule has 1 aliphatic heterocycles. The summed E-state index contributed by atoms with van der Waals surface area (Å²) in [6.45, 7) is 3.29. The van der Waals surface area contributed by atoms with Gasteiger partial charge in [0.2, 0.25) is 5.91 Å². The van der Waals surface area contributed by atoms with Crippen LogP contribution in [-0.2, 0) is 28.9 Å². The van der Waals surface area contributed by atoms with E-state index in [0.29, 0.717) is 6.42 Å². The third kappa shape index (κ3) is 22.2. The molecular formula is C36H67NO11S. The molecule has 0 spiro atoms. The highest BCUT2D eigenvalue weighted by molar-refractivity contribution is 7.80. The number of hydrogen-bond donors (Lipinski definition) is 6. The molecule has 1 amide bonds. The van der Waals surface area contributed by atoms with Crippen LogP contribution in [0.15, 0.2) is 24.3 Å². The van der Waals surface area contributed by atoms with Gasteiger partial charge in [-0.25, -0.2) is 4.18 Å². The van der Waals surface area contributed by atoms with Crippen molar-refractivity contribution in [1.82, 2.24) is 5.32 Å². The summed E-state index contributed by atoms with van der Waals surface area (Å²) >= 11 is 0. The molecule has 288 valence electrons. The molecule has 0 aromatic carbocycles. The van der Waals surface area contributed by atoms with Gasteiger partial charge in [-0.1, -0.05) is 115 Å². The van der Waals surface area contributed by atoms with E-state index in [1.165, 1.54) is 64.2 Å². The Morgan fingerprint density at radius 1 is 0.796 bits per heavy atom. The summed E-state index contributed by atoms with van der Waals surface area (Å²) in [6, 6.07) is -0.945. The van der Waals surface area contributed by atoms with Gasteiger partial charge in [-0.3, -0.25) is 9.35 Å². The third-order valence-electron chi connectivity index (χ3n) is 8.73. The highest BCUT2D eigenvalue weighted by Crippen LogP contribution is 2.26. The van der Waals surface area contributed by atoms with E-state index in [9.17, 15) is 33.6 Å². The number of aliphatic hydroxyl groups is 4. The Balaban J connectivity index is 2.66. The quantitative estimate of drug-likeness (QED) is 0.0315. The summed E-state index contributed by atoms with van der Waals surface area (Å²) in [7, 11) is -5.08. The first-order valence-electron chi connectivity index (χ1n) is 18.7. The second-order valence-electron chi connectivity index (χ2n) is 13.2. The smallest absolute Gasteiger partial charge is 0.394 e. The molecule has 13 heteroatoms. The lowest BCUT2D eigenvalue weighted by Crippen LogP contribution is -2.61. The lowest BCUT2D eigenvalue weighted by Gasteiger charge is -2.41. The lowest BCUT2D eigenvalue weighted by atomic mass is 9.99. The molecule has 49 heavy (non-hydrogen) atoms. The molecule has 7 unspecified atom stereocenters. The van der Waals surface area contributed by atoms with Gasteiger partial charge in [0.15, 0.2) is 6.29 Å². The van der Waals surface area contributed by atoms with Crippen LogP contribution in [0.1, 0.15) is 142 Å². The van der Waals surface area contributed by atoms with Crippen molar-refractivity contribution in [2.24, 2.45) is 0 Å². The van der Waals surface area contributed by atoms with Crippen molar-refractivity contribution in [2.45, 2.75) is 185 Å². The second kappa shape index (κ2) is 28.2. The minimum absolute atomic E-state index is 0.248. The first-order chi connectivity index (χ1) is 23.5. The molecule has 0 bridgehead atoms. The Bertz CT molecular complexity index is 993. The minimum Gasteiger partial charge on any atom is -0.394 e. The van der Waals surface area contributed by atoms with E-state index in [2.05, 4.69) is 35.5 Å². The fraction of sp³-hybridized carbons (Fsp3) is 0.861. The largest absolute Gasteiger partial charge is 0.397 e. The Labute approximate surface area is 295 Å². The van der Waals surface area contributed by atoms with Crippen LogP contribution in [0.5, 0.6) is 0 Å². The van der Waals surface area contributed by atoms with E-state index in [1.807, 2.05) is 6.08 Å². The maximum atomic E-state index is 12.9. The van der Waals surface area contributed by atoms with Gasteiger partial charge in [-0.2, -0.15) is 8.42 Å². The van der Waals surface area contributed by atoms with Gasteiger partial charge in [0.1, 0.15) is 24.4 Å². The molecule has 0 radical (unpaired) electrons. The van der Waals surface area contributed by atoms with Crippen LogP contribution in [0.2, 0.25) is 0 Å². The summed E-state index contributed by atoms with van der Waals surface area (Å²) in [6.07, 6.45) is 19.6. The monoisotopic (exact) mass is 721 g/mol. The summed E-state index contributed by atoms with van der Waals surface area (Å²) in [5.74, 6) is -0.284. The average molecular weight is 722 g/mol. The number of carbonyl (C=O) groups is 1. The lowest BCUT2D eigenvalue weighted by molar-refractivity contribution is -0.298. The van der Waals surface area contributed by atoms with Crippen LogP contribution < -0.4 is 5.32 Å². The minimum atomic E-state index is -5.08. The van der Waals surface area contributed by atoms with Crippen molar-refractivity contribution < 1.29 is 51.8 Å². The van der Waals surface area contributed by atoms with Crippen LogP contribution >= 0.6 is 0 Å². The molecule has 12 nitrogen and oxygen atoms in total. The molecule has 0 aromatic rings. The normalized spacial score (nSPS) is 23.0. The molecule has 0 saturated carbocycles. The Morgan fingerprint density at radius 3 is 1.84 bits per heavy atom. The molecule has 6 N–H and O–H groups in total. The van der Waals surface area contributed by atoms with E-state index in [0.717, 1.165) is 51.4 Å². The molecule has 1 heterocycles. The third-order valence-corrected chi connectivity index (χ3v) is 9.19. The second-order valence-corrected chi connectivity index (χ2v) is 14.2. The summed E-state index contributed by atoms with van der Waals surface area (Å²) in [5.41, 5.74) is 0. The zero-order valence-corrected chi connectivity index (χ0v) is 30.8. The molecular weight excluding hydrogens is 654 g/mol. The number of allylic oxidation sites excluding steroid dienone is 3. The highest BCUT2D eigenvalue weighted by Gasteiger charge is 2.48. The van der Waals surface area contributed by atoms with Crippen LogP contribution in [0.3, 0.4) is 0 Å². The first kappa shape index (κ1) is 45.6. The Kier molecular flexibility index (Phi) is 26.2. The summed E-state index contributed by atoms with van der Waals surface area (Å²) in [4.78, 5) is 12.9. The van der Waals surface area contributed by atoms with Crippen molar-refractivity contribution in [2.75, 3.05) is 13.2 Å². The van der Waals surface area contributed by atoms with Gasteiger partial charge in [0, 0.05) is 6.42 Å². The molecule has 1 aliphatic rings. The van der Waals surface area contributed by atoms with Crippen molar-refractivity contribution >= 4 is 16.3 Å². The maximum Gasteiger partial charge on any atom is 0.397 e. The number of amides is 1. The number of aliphatic hydroxyl groups excluding tert-OH is 4. The summed E-state index contributed by atoms with van der Waals surface area (Å²) in [5, 5.41) is 44.3. The van der Waals surface area contributed by atoms with Crippen LogP contribution in [-0.4, -0.2) is 95.4 Å². The standard InChI is InChI=1S/C36H67NO11S/c1-3-5-7-9-11-13-14-15-16-18-20-22-24-26-32(40)37-29(30(39)25-23-21-19-17-12-10-8-6-4-2)28-46-36-34(42)35(48-49(43,44)45)33(41)31(27-38)47-36/h15-16,23,25,29-31,33-36,38-39,41-42H,3-14,17-22,24,26-28H2,1-2H3,(H,37,40)(H,43,44,45)/b16-15-,25-23+. The van der Waals surface area contributed by atoms with Crippen molar-refractivity contribution in [3.8, 4) is 0 Å². The van der Waals surface area contributed by atoms with Gasteiger partial charge in [-0.05, 0) is 44.9 Å². The zero-order valence-electron chi connectivity index (χ0n) is 30.0.